The summed E-state index contributed by atoms with van der Waals surface area (Å²) >= 11 is 6.38. The van der Waals surface area contributed by atoms with Gasteiger partial charge in [0.25, 0.3) is 5.69 Å². The Bertz CT molecular complexity index is 469. The standard InChI is InChI=1S/C11H11Br2NO5/c1-2-18-10(15)3-4-19-11-8(12)5-7(14(16)17)6-9(11)13/h5-6H,2-4H2,1H3. The average Bonchev–Trinajstić information content (AvgIpc) is 2.32. The molecular formula is C11H11Br2NO5. The third-order valence-corrected chi connectivity index (χ3v) is 3.23. The van der Waals surface area contributed by atoms with Crippen LogP contribution in [0.15, 0.2) is 21.1 Å². The van der Waals surface area contributed by atoms with Crippen LogP contribution in [0.25, 0.3) is 0 Å². The molecular weight excluding hydrogens is 386 g/mol. The molecule has 0 aromatic heterocycles. The molecule has 0 heterocycles. The second-order valence-electron chi connectivity index (χ2n) is 3.40. The Kier molecular flexibility index (Phi) is 6.23. The van der Waals surface area contributed by atoms with Crippen LogP contribution in [0.1, 0.15) is 13.3 Å². The second kappa shape index (κ2) is 7.44. The van der Waals surface area contributed by atoms with E-state index in [2.05, 4.69) is 31.9 Å². The fourth-order valence-corrected chi connectivity index (χ4v) is 2.65. The highest BCUT2D eigenvalue weighted by molar-refractivity contribution is 9.11. The van der Waals surface area contributed by atoms with E-state index >= 15 is 0 Å². The van der Waals surface area contributed by atoms with Crippen LogP contribution in [0, 0.1) is 10.1 Å². The van der Waals surface area contributed by atoms with Crippen molar-refractivity contribution in [2.75, 3.05) is 13.2 Å². The molecule has 0 saturated heterocycles. The first-order valence-corrected chi connectivity index (χ1v) is 6.96. The third kappa shape index (κ3) is 4.79. The van der Waals surface area contributed by atoms with Crippen LogP contribution >= 0.6 is 31.9 Å². The van der Waals surface area contributed by atoms with E-state index in [9.17, 15) is 14.9 Å². The van der Waals surface area contributed by atoms with E-state index in [0.717, 1.165) is 0 Å². The summed E-state index contributed by atoms with van der Waals surface area (Å²) in [6.07, 6.45) is 0.115. The smallest absolute Gasteiger partial charge is 0.309 e. The molecule has 6 nitrogen and oxygen atoms in total. The van der Waals surface area contributed by atoms with Gasteiger partial charge in [0.15, 0.2) is 0 Å². The molecule has 0 aliphatic carbocycles. The maximum atomic E-state index is 11.1. The van der Waals surface area contributed by atoms with E-state index in [1.54, 1.807) is 6.92 Å². The molecule has 1 aromatic rings. The predicted molar refractivity (Wildman–Crippen MR) is 75.2 cm³/mol. The first-order valence-electron chi connectivity index (χ1n) is 5.37. The molecule has 0 fully saturated rings. The molecule has 0 radical (unpaired) electrons. The Labute approximate surface area is 126 Å². The molecule has 0 amide bonds. The summed E-state index contributed by atoms with van der Waals surface area (Å²) in [5.74, 6) is 0.0616. The van der Waals surface area contributed by atoms with Crippen LogP contribution in [0.3, 0.4) is 0 Å². The summed E-state index contributed by atoms with van der Waals surface area (Å²) in [7, 11) is 0. The number of benzene rings is 1. The molecule has 0 bridgehead atoms. The van der Waals surface area contributed by atoms with E-state index in [1.807, 2.05) is 0 Å². The van der Waals surface area contributed by atoms with Crippen molar-refractivity contribution in [2.24, 2.45) is 0 Å². The zero-order valence-electron chi connectivity index (χ0n) is 10.0. The SMILES string of the molecule is CCOC(=O)CCOc1c(Br)cc([N+](=O)[O-])cc1Br. The lowest BCUT2D eigenvalue weighted by Gasteiger charge is -2.09. The number of carbonyl (C=O) groups excluding carboxylic acids is 1. The lowest BCUT2D eigenvalue weighted by molar-refractivity contribution is -0.385. The molecule has 0 unspecified atom stereocenters. The van der Waals surface area contributed by atoms with Crippen molar-refractivity contribution in [3.05, 3.63) is 31.2 Å². The highest BCUT2D eigenvalue weighted by Crippen LogP contribution is 2.37. The number of nitro benzene ring substituents is 1. The normalized spacial score (nSPS) is 10.1. The van der Waals surface area contributed by atoms with Gasteiger partial charge in [-0.05, 0) is 38.8 Å². The van der Waals surface area contributed by atoms with Crippen LogP contribution in [0.4, 0.5) is 5.69 Å². The van der Waals surface area contributed by atoms with Gasteiger partial charge >= 0.3 is 5.97 Å². The number of hydrogen-bond acceptors (Lipinski definition) is 5. The minimum Gasteiger partial charge on any atom is -0.491 e. The first-order chi connectivity index (χ1) is 8.95. The highest BCUT2D eigenvalue weighted by atomic mass is 79.9. The Morgan fingerprint density at radius 2 is 1.95 bits per heavy atom. The van der Waals surface area contributed by atoms with E-state index < -0.39 is 4.92 Å². The summed E-state index contributed by atoms with van der Waals surface area (Å²) in [5, 5.41) is 10.7. The number of hydrogen-bond donors (Lipinski definition) is 0. The van der Waals surface area contributed by atoms with E-state index in [1.165, 1.54) is 12.1 Å². The summed E-state index contributed by atoms with van der Waals surface area (Å²) in [4.78, 5) is 21.3. The molecule has 0 N–H and O–H groups in total. The van der Waals surface area contributed by atoms with Crippen molar-refractivity contribution in [3.8, 4) is 5.75 Å². The van der Waals surface area contributed by atoms with Crippen molar-refractivity contribution < 1.29 is 19.2 Å². The predicted octanol–water partition coefficient (Wildman–Crippen LogP) is 3.45. The van der Waals surface area contributed by atoms with Gasteiger partial charge in [-0.25, -0.2) is 0 Å². The van der Waals surface area contributed by atoms with Crippen LogP contribution < -0.4 is 4.74 Å². The molecule has 0 atom stereocenters. The number of ether oxygens (including phenoxy) is 2. The molecule has 0 aliphatic heterocycles. The lowest BCUT2D eigenvalue weighted by atomic mass is 10.3. The van der Waals surface area contributed by atoms with Gasteiger partial charge in [0, 0.05) is 12.1 Å². The zero-order chi connectivity index (χ0) is 14.4. The number of nitro groups is 1. The number of halogens is 2. The number of esters is 1. The van der Waals surface area contributed by atoms with Crippen LogP contribution in [0.5, 0.6) is 5.75 Å². The highest BCUT2D eigenvalue weighted by Gasteiger charge is 2.15. The fraction of sp³-hybridized carbons (Fsp3) is 0.364. The Hall–Kier alpha value is -1.15. The van der Waals surface area contributed by atoms with Gasteiger partial charge in [-0.3, -0.25) is 14.9 Å². The largest absolute Gasteiger partial charge is 0.491 e. The molecule has 8 heteroatoms. The molecule has 0 spiro atoms. The number of nitrogens with zero attached hydrogens (tertiary/aromatic N) is 1. The topological polar surface area (TPSA) is 78.7 Å². The van der Waals surface area contributed by atoms with Crippen molar-refractivity contribution in [3.63, 3.8) is 0 Å². The van der Waals surface area contributed by atoms with Crippen molar-refractivity contribution in [1.82, 2.24) is 0 Å². The van der Waals surface area contributed by atoms with Crippen LogP contribution in [0.2, 0.25) is 0 Å². The zero-order valence-corrected chi connectivity index (χ0v) is 13.2. The lowest BCUT2D eigenvalue weighted by Crippen LogP contribution is -2.10. The summed E-state index contributed by atoms with van der Waals surface area (Å²) in [6.45, 7) is 2.18. The van der Waals surface area contributed by atoms with Gasteiger partial charge in [-0.2, -0.15) is 0 Å². The van der Waals surface area contributed by atoms with Gasteiger partial charge in [0.2, 0.25) is 0 Å². The molecule has 1 aromatic carbocycles. The average molecular weight is 397 g/mol. The van der Waals surface area contributed by atoms with Crippen molar-refractivity contribution in [2.45, 2.75) is 13.3 Å². The number of rotatable bonds is 6. The molecule has 1 rings (SSSR count). The van der Waals surface area contributed by atoms with Gasteiger partial charge in [0.1, 0.15) is 5.75 Å². The quantitative estimate of drug-likeness (QED) is 0.418. The van der Waals surface area contributed by atoms with Crippen molar-refractivity contribution >= 4 is 43.5 Å². The monoisotopic (exact) mass is 395 g/mol. The van der Waals surface area contributed by atoms with Gasteiger partial charge in [-0.1, -0.05) is 0 Å². The summed E-state index contributed by atoms with van der Waals surface area (Å²) in [6, 6.07) is 2.68. The Morgan fingerprint density at radius 1 is 1.37 bits per heavy atom. The minimum atomic E-state index is -0.502. The van der Waals surface area contributed by atoms with Gasteiger partial charge in [0.05, 0.1) is 33.5 Å². The maximum Gasteiger partial charge on any atom is 0.309 e. The molecule has 104 valence electrons. The minimum absolute atomic E-state index is 0.0588. The second-order valence-corrected chi connectivity index (χ2v) is 5.11. The Morgan fingerprint density at radius 3 is 2.42 bits per heavy atom. The fourth-order valence-electron chi connectivity index (χ4n) is 1.26. The maximum absolute atomic E-state index is 11.1. The summed E-state index contributed by atoms with van der Waals surface area (Å²) in [5.41, 5.74) is -0.0588. The van der Waals surface area contributed by atoms with Crippen LogP contribution in [-0.2, 0) is 9.53 Å². The van der Waals surface area contributed by atoms with Gasteiger partial charge < -0.3 is 9.47 Å². The molecule has 0 aliphatic rings. The molecule has 19 heavy (non-hydrogen) atoms. The number of non-ortho nitro benzene ring substituents is 1. The summed E-state index contributed by atoms with van der Waals surface area (Å²) < 4.78 is 11.0. The van der Waals surface area contributed by atoms with E-state index in [0.29, 0.717) is 21.3 Å². The van der Waals surface area contributed by atoms with Crippen LogP contribution in [-0.4, -0.2) is 24.1 Å². The van der Waals surface area contributed by atoms with E-state index in [-0.39, 0.29) is 24.7 Å². The Balaban J connectivity index is 2.69. The van der Waals surface area contributed by atoms with Crippen molar-refractivity contribution in [1.29, 1.82) is 0 Å². The third-order valence-electron chi connectivity index (χ3n) is 2.05. The number of carbonyl (C=O) groups is 1. The van der Waals surface area contributed by atoms with E-state index in [4.69, 9.17) is 9.47 Å². The first kappa shape index (κ1) is 15.9. The van der Waals surface area contributed by atoms with Gasteiger partial charge in [-0.15, -0.1) is 0 Å². The molecule has 0 saturated carbocycles.